The fourth-order valence-corrected chi connectivity index (χ4v) is 3.03. The van der Waals surface area contributed by atoms with Crippen LogP contribution in [0.3, 0.4) is 0 Å². The normalized spacial score (nSPS) is 11.1. The molecule has 6 heteroatoms. The lowest BCUT2D eigenvalue weighted by atomic mass is 10.2. The molecule has 0 spiro atoms. The minimum atomic E-state index is 0. The van der Waals surface area contributed by atoms with Crippen molar-refractivity contribution in [3.05, 3.63) is 54.6 Å². The molecule has 0 bridgehead atoms. The van der Waals surface area contributed by atoms with E-state index in [9.17, 15) is 0 Å². The summed E-state index contributed by atoms with van der Waals surface area (Å²) in [6.45, 7) is 5.55. The maximum absolute atomic E-state index is 6.05. The second kappa shape index (κ2) is 9.04. The molecule has 1 N–H and O–H groups in total. The average molecular weight is 398 g/mol. The standard InChI is InChI=1S/C22H23N3O2.ClH/c1-15(2)26-14-8-13-23-22-20-19(17-11-6-7-12-18(17)27-20)24-21(25-22)16-9-4-3-5-10-16;/h3-7,9-12,15H,8,13-14H2,1-2H3,(H,23,24,25);1H. The molecular formula is C22H24ClN3O2. The summed E-state index contributed by atoms with van der Waals surface area (Å²) in [6, 6.07) is 18.0. The minimum absolute atomic E-state index is 0. The molecule has 0 saturated heterocycles. The van der Waals surface area contributed by atoms with Gasteiger partial charge in [0.25, 0.3) is 0 Å². The first-order valence-corrected chi connectivity index (χ1v) is 9.32. The highest BCUT2D eigenvalue weighted by molar-refractivity contribution is 6.06. The molecule has 4 aromatic rings. The molecule has 5 nitrogen and oxygen atoms in total. The molecule has 0 atom stereocenters. The molecule has 146 valence electrons. The van der Waals surface area contributed by atoms with Crippen LogP contribution in [-0.2, 0) is 4.74 Å². The molecule has 0 aliphatic rings. The fraction of sp³-hybridized carbons (Fsp3) is 0.273. The highest BCUT2D eigenvalue weighted by atomic mass is 35.5. The highest BCUT2D eigenvalue weighted by Crippen LogP contribution is 2.33. The highest BCUT2D eigenvalue weighted by Gasteiger charge is 2.16. The van der Waals surface area contributed by atoms with E-state index in [2.05, 4.69) is 5.32 Å². The van der Waals surface area contributed by atoms with Crippen molar-refractivity contribution in [2.75, 3.05) is 18.5 Å². The minimum Gasteiger partial charge on any atom is -0.450 e. The smallest absolute Gasteiger partial charge is 0.196 e. The van der Waals surface area contributed by atoms with Gasteiger partial charge in [-0.05, 0) is 32.4 Å². The summed E-state index contributed by atoms with van der Waals surface area (Å²) in [5, 5.41) is 4.41. The lowest BCUT2D eigenvalue weighted by Crippen LogP contribution is -2.10. The Morgan fingerprint density at radius 1 is 1.00 bits per heavy atom. The number of anilines is 1. The largest absolute Gasteiger partial charge is 0.450 e. The van der Waals surface area contributed by atoms with E-state index in [0.717, 1.165) is 40.8 Å². The van der Waals surface area contributed by atoms with Gasteiger partial charge in [-0.2, -0.15) is 0 Å². The van der Waals surface area contributed by atoms with Crippen LogP contribution in [0.5, 0.6) is 0 Å². The van der Waals surface area contributed by atoms with Crippen LogP contribution in [-0.4, -0.2) is 29.2 Å². The molecule has 28 heavy (non-hydrogen) atoms. The van der Waals surface area contributed by atoms with Gasteiger partial charge >= 0.3 is 0 Å². The summed E-state index contributed by atoms with van der Waals surface area (Å²) in [7, 11) is 0. The Labute approximate surface area is 170 Å². The van der Waals surface area contributed by atoms with Gasteiger partial charge in [0.2, 0.25) is 0 Å². The summed E-state index contributed by atoms with van der Waals surface area (Å²) in [4.78, 5) is 9.53. The van der Waals surface area contributed by atoms with Gasteiger partial charge in [-0.3, -0.25) is 0 Å². The van der Waals surface area contributed by atoms with E-state index in [1.165, 1.54) is 0 Å². The Hall–Kier alpha value is -2.63. The second-order valence-corrected chi connectivity index (χ2v) is 6.74. The number of nitrogens with zero attached hydrogens (tertiary/aromatic N) is 2. The van der Waals surface area contributed by atoms with E-state index >= 15 is 0 Å². The third-order valence-electron chi connectivity index (χ3n) is 4.32. The lowest BCUT2D eigenvalue weighted by molar-refractivity contribution is 0.0787. The summed E-state index contributed by atoms with van der Waals surface area (Å²) in [5.74, 6) is 1.41. The molecule has 0 amide bonds. The number of aromatic nitrogens is 2. The Balaban J connectivity index is 0.00000225. The number of furan rings is 1. The average Bonchev–Trinajstić information content (AvgIpc) is 3.07. The van der Waals surface area contributed by atoms with Crippen molar-refractivity contribution < 1.29 is 9.15 Å². The maximum Gasteiger partial charge on any atom is 0.196 e. The van der Waals surface area contributed by atoms with Crippen LogP contribution in [0.25, 0.3) is 33.5 Å². The van der Waals surface area contributed by atoms with Crippen molar-refractivity contribution in [3.8, 4) is 11.4 Å². The summed E-state index contributed by atoms with van der Waals surface area (Å²) in [5.41, 5.74) is 3.33. The molecule has 2 heterocycles. The third kappa shape index (κ3) is 4.26. The fourth-order valence-electron chi connectivity index (χ4n) is 3.03. The van der Waals surface area contributed by atoms with E-state index < -0.39 is 0 Å². The van der Waals surface area contributed by atoms with Gasteiger partial charge in [0, 0.05) is 24.1 Å². The number of benzene rings is 2. The number of fused-ring (bicyclic) bond motifs is 3. The molecule has 2 aromatic heterocycles. The van der Waals surface area contributed by atoms with Crippen LogP contribution < -0.4 is 5.32 Å². The van der Waals surface area contributed by atoms with Gasteiger partial charge in [-0.25, -0.2) is 9.97 Å². The van der Waals surface area contributed by atoms with Crippen molar-refractivity contribution in [2.45, 2.75) is 26.4 Å². The van der Waals surface area contributed by atoms with Crippen LogP contribution in [0.15, 0.2) is 59.0 Å². The number of hydrogen-bond donors (Lipinski definition) is 1. The molecule has 2 aromatic carbocycles. The number of hydrogen-bond acceptors (Lipinski definition) is 5. The number of halogens is 1. The zero-order chi connectivity index (χ0) is 18.6. The summed E-state index contributed by atoms with van der Waals surface area (Å²) < 4.78 is 11.7. The SMILES string of the molecule is CC(C)OCCCNc1nc(-c2ccccc2)nc2c1oc1ccccc12.Cl. The first kappa shape index (κ1) is 20.1. The summed E-state index contributed by atoms with van der Waals surface area (Å²) in [6.07, 6.45) is 1.14. The van der Waals surface area contributed by atoms with E-state index in [4.69, 9.17) is 19.1 Å². The van der Waals surface area contributed by atoms with E-state index in [1.54, 1.807) is 0 Å². The van der Waals surface area contributed by atoms with Gasteiger partial charge in [0.1, 0.15) is 11.1 Å². The first-order valence-electron chi connectivity index (χ1n) is 9.32. The van der Waals surface area contributed by atoms with Gasteiger partial charge in [0.15, 0.2) is 17.2 Å². The monoisotopic (exact) mass is 397 g/mol. The van der Waals surface area contributed by atoms with Crippen molar-refractivity contribution in [1.29, 1.82) is 0 Å². The van der Waals surface area contributed by atoms with Crippen LogP contribution in [0.4, 0.5) is 5.82 Å². The summed E-state index contributed by atoms with van der Waals surface area (Å²) >= 11 is 0. The van der Waals surface area contributed by atoms with Crippen molar-refractivity contribution in [1.82, 2.24) is 9.97 Å². The number of ether oxygens (including phenoxy) is 1. The Morgan fingerprint density at radius 2 is 1.75 bits per heavy atom. The lowest BCUT2D eigenvalue weighted by Gasteiger charge is -2.10. The zero-order valence-electron chi connectivity index (χ0n) is 16.0. The Kier molecular flexibility index (Phi) is 6.49. The predicted molar refractivity (Wildman–Crippen MR) is 116 cm³/mol. The topological polar surface area (TPSA) is 60.2 Å². The molecule has 0 fully saturated rings. The number of rotatable bonds is 7. The molecule has 0 radical (unpaired) electrons. The second-order valence-electron chi connectivity index (χ2n) is 6.74. The van der Waals surface area contributed by atoms with Crippen molar-refractivity contribution in [3.63, 3.8) is 0 Å². The molecule has 0 aliphatic carbocycles. The van der Waals surface area contributed by atoms with E-state index in [0.29, 0.717) is 18.0 Å². The Morgan fingerprint density at radius 3 is 2.54 bits per heavy atom. The maximum atomic E-state index is 6.05. The van der Waals surface area contributed by atoms with Crippen molar-refractivity contribution in [2.24, 2.45) is 0 Å². The molecular weight excluding hydrogens is 374 g/mol. The quantitative estimate of drug-likeness (QED) is 0.406. The molecule has 0 aliphatic heterocycles. The van der Waals surface area contributed by atoms with E-state index in [-0.39, 0.29) is 18.5 Å². The van der Waals surface area contributed by atoms with Gasteiger partial charge in [-0.15, -0.1) is 12.4 Å². The number of para-hydroxylation sites is 1. The predicted octanol–water partition coefficient (Wildman–Crippen LogP) is 5.69. The van der Waals surface area contributed by atoms with E-state index in [1.807, 2.05) is 68.4 Å². The molecule has 0 unspecified atom stereocenters. The third-order valence-corrected chi connectivity index (χ3v) is 4.32. The Bertz CT molecular complexity index is 1050. The number of nitrogens with one attached hydrogen (secondary N) is 1. The van der Waals surface area contributed by atoms with Gasteiger partial charge in [0.05, 0.1) is 6.10 Å². The molecule has 4 rings (SSSR count). The molecule has 0 saturated carbocycles. The van der Waals surface area contributed by atoms with Gasteiger partial charge < -0.3 is 14.5 Å². The zero-order valence-corrected chi connectivity index (χ0v) is 16.8. The first-order chi connectivity index (χ1) is 13.2. The van der Waals surface area contributed by atoms with Crippen LogP contribution in [0.1, 0.15) is 20.3 Å². The van der Waals surface area contributed by atoms with Gasteiger partial charge in [-0.1, -0.05) is 42.5 Å². The van der Waals surface area contributed by atoms with Crippen molar-refractivity contribution >= 4 is 40.3 Å². The van der Waals surface area contributed by atoms with Crippen LogP contribution in [0, 0.1) is 0 Å². The van der Waals surface area contributed by atoms with Crippen LogP contribution in [0.2, 0.25) is 0 Å². The van der Waals surface area contributed by atoms with Crippen LogP contribution >= 0.6 is 12.4 Å².